The molecule has 0 radical (unpaired) electrons. The monoisotopic (exact) mass is 387 g/mol. The third-order valence-corrected chi connectivity index (χ3v) is 6.35. The first-order chi connectivity index (χ1) is 11.6. The predicted molar refractivity (Wildman–Crippen MR) is 90.5 cm³/mol. The molecule has 0 aliphatic carbocycles. The van der Waals surface area contributed by atoms with Gasteiger partial charge in [-0.15, -0.1) is 0 Å². The van der Waals surface area contributed by atoms with E-state index in [0.29, 0.717) is 0 Å². The third kappa shape index (κ3) is 6.42. The Morgan fingerprint density at radius 2 is 1.72 bits per heavy atom. The highest BCUT2D eigenvalue weighted by molar-refractivity contribution is 7.91. The quantitative estimate of drug-likeness (QED) is 0.520. The molecule has 0 bridgehead atoms. The molecule has 0 fully saturated rings. The van der Waals surface area contributed by atoms with E-state index in [1.807, 2.05) is 0 Å². The SMILES string of the molecule is [C-]#[N+]c1ccc(S(=O)(=O)CCCS(=O)(=O)NCC(O)CO)cc1[N+]#[C-]. The van der Waals surface area contributed by atoms with Gasteiger partial charge in [0.2, 0.25) is 10.0 Å². The van der Waals surface area contributed by atoms with Crippen molar-refractivity contribution in [2.75, 3.05) is 24.7 Å². The number of benzene rings is 1. The van der Waals surface area contributed by atoms with Crippen LogP contribution in [0.25, 0.3) is 9.69 Å². The highest BCUT2D eigenvalue weighted by atomic mass is 32.2. The van der Waals surface area contributed by atoms with Crippen LogP contribution in [0.2, 0.25) is 0 Å². The number of nitrogens with zero attached hydrogens (tertiary/aromatic N) is 2. The smallest absolute Gasteiger partial charge is 0.211 e. The summed E-state index contributed by atoms with van der Waals surface area (Å²) in [6.45, 7) is 12.9. The van der Waals surface area contributed by atoms with Gasteiger partial charge in [0.05, 0.1) is 42.3 Å². The van der Waals surface area contributed by atoms with Crippen molar-refractivity contribution in [1.29, 1.82) is 0 Å². The molecule has 0 heterocycles. The zero-order chi connectivity index (χ0) is 19.1. The second-order valence-electron chi connectivity index (χ2n) is 5.05. The number of aliphatic hydroxyl groups excluding tert-OH is 2. The summed E-state index contributed by atoms with van der Waals surface area (Å²) < 4.78 is 49.9. The minimum absolute atomic E-state index is 0.0446. The lowest BCUT2D eigenvalue weighted by Crippen LogP contribution is -2.35. The first-order valence-electron chi connectivity index (χ1n) is 7.03. The van der Waals surface area contributed by atoms with Crippen LogP contribution in [0.3, 0.4) is 0 Å². The predicted octanol–water partition coefficient (Wildman–Crippen LogP) is 0.225. The molecule has 1 unspecified atom stereocenters. The van der Waals surface area contributed by atoms with Crippen LogP contribution in [0.4, 0.5) is 11.4 Å². The molecule has 1 aromatic carbocycles. The van der Waals surface area contributed by atoms with Gasteiger partial charge in [0, 0.05) is 6.54 Å². The Bertz CT molecular complexity index is 897. The molecule has 0 spiro atoms. The van der Waals surface area contributed by atoms with Gasteiger partial charge in [0.25, 0.3) is 0 Å². The fourth-order valence-corrected chi connectivity index (χ4v) is 4.42. The van der Waals surface area contributed by atoms with Gasteiger partial charge < -0.3 is 10.2 Å². The number of hydrogen-bond donors (Lipinski definition) is 3. The van der Waals surface area contributed by atoms with Gasteiger partial charge in [-0.3, -0.25) is 9.69 Å². The molecule has 0 saturated heterocycles. The Morgan fingerprint density at radius 3 is 2.28 bits per heavy atom. The molecule has 11 heteroatoms. The Hall–Kier alpha value is -2.02. The average molecular weight is 387 g/mol. The second kappa shape index (κ2) is 8.89. The number of sulfonamides is 1. The highest BCUT2D eigenvalue weighted by Gasteiger charge is 2.19. The average Bonchev–Trinajstić information content (AvgIpc) is 2.58. The van der Waals surface area contributed by atoms with Crippen LogP contribution in [0.5, 0.6) is 0 Å². The largest absolute Gasteiger partial charge is 0.394 e. The lowest BCUT2D eigenvalue weighted by Gasteiger charge is -2.10. The fraction of sp³-hybridized carbons (Fsp3) is 0.429. The van der Waals surface area contributed by atoms with Gasteiger partial charge in [0.1, 0.15) is 0 Å². The molecule has 3 N–H and O–H groups in total. The van der Waals surface area contributed by atoms with Crippen molar-refractivity contribution < 1.29 is 27.0 Å². The summed E-state index contributed by atoms with van der Waals surface area (Å²) in [4.78, 5) is 6.08. The van der Waals surface area contributed by atoms with Crippen LogP contribution in [-0.2, 0) is 19.9 Å². The van der Waals surface area contributed by atoms with Crippen molar-refractivity contribution in [3.8, 4) is 0 Å². The van der Waals surface area contributed by atoms with Gasteiger partial charge in [-0.05, 0) is 12.5 Å². The Balaban J connectivity index is 2.74. The maximum absolute atomic E-state index is 12.2. The molecule has 9 nitrogen and oxygen atoms in total. The molecule has 0 aromatic heterocycles. The minimum Gasteiger partial charge on any atom is -0.394 e. The van der Waals surface area contributed by atoms with Crippen LogP contribution >= 0.6 is 0 Å². The van der Waals surface area contributed by atoms with Crippen LogP contribution in [0, 0.1) is 13.1 Å². The second-order valence-corrected chi connectivity index (χ2v) is 9.09. The zero-order valence-corrected chi connectivity index (χ0v) is 14.7. The molecule has 0 amide bonds. The summed E-state index contributed by atoms with van der Waals surface area (Å²) in [5.41, 5.74) is -0.0356. The molecule has 0 aliphatic heterocycles. The lowest BCUT2D eigenvalue weighted by molar-refractivity contribution is 0.0988. The topological polar surface area (TPSA) is 129 Å². The standard InChI is InChI=1S/C14H17N3O6S2/c1-15-13-5-4-12(8-14(13)16-2)24(20,21)6-3-7-25(22,23)17-9-11(19)10-18/h4-5,8,11,17-19H,3,6-7,9-10H2. The molecule has 1 rings (SSSR count). The molecule has 0 saturated carbocycles. The fourth-order valence-electron chi connectivity index (χ4n) is 1.80. The summed E-state index contributed by atoms with van der Waals surface area (Å²) in [7, 11) is -7.59. The van der Waals surface area contributed by atoms with Crippen molar-refractivity contribution >= 4 is 31.2 Å². The Labute approximate surface area is 146 Å². The lowest BCUT2D eigenvalue weighted by atomic mass is 10.3. The van der Waals surface area contributed by atoms with E-state index in [-0.39, 0.29) is 29.2 Å². The molecule has 1 aromatic rings. The highest BCUT2D eigenvalue weighted by Crippen LogP contribution is 2.31. The van der Waals surface area contributed by atoms with E-state index in [2.05, 4.69) is 14.4 Å². The first kappa shape index (κ1) is 21.0. The Kier molecular flexibility index (Phi) is 7.48. The van der Waals surface area contributed by atoms with Crippen molar-refractivity contribution in [3.05, 3.63) is 41.0 Å². The minimum atomic E-state index is -3.80. The van der Waals surface area contributed by atoms with Crippen LogP contribution in [0.15, 0.2) is 23.1 Å². The molecular weight excluding hydrogens is 370 g/mol. The summed E-state index contributed by atoms with van der Waals surface area (Å²) in [5, 5.41) is 17.7. The van der Waals surface area contributed by atoms with Crippen molar-refractivity contribution in [2.24, 2.45) is 0 Å². The van der Waals surface area contributed by atoms with Crippen molar-refractivity contribution in [1.82, 2.24) is 4.72 Å². The summed E-state index contributed by atoms with van der Waals surface area (Å²) >= 11 is 0. The van der Waals surface area contributed by atoms with Crippen LogP contribution < -0.4 is 4.72 Å². The third-order valence-electron chi connectivity index (χ3n) is 3.12. The molecule has 0 aliphatic rings. The molecule has 1 atom stereocenters. The van der Waals surface area contributed by atoms with E-state index < -0.39 is 44.1 Å². The van der Waals surface area contributed by atoms with Crippen LogP contribution in [0.1, 0.15) is 6.42 Å². The van der Waals surface area contributed by atoms with Gasteiger partial charge >= 0.3 is 0 Å². The zero-order valence-electron chi connectivity index (χ0n) is 13.1. The number of hydrogen-bond acceptors (Lipinski definition) is 6. The number of rotatable bonds is 9. The van der Waals surface area contributed by atoms with E-state index in [9.17, 15) is 16.8 Å². The summed E-state index contributed by atoms with van der Waals surface area (Å²) in [6, 6.07) is 3.55. The number of sulfone groups is 1. The van der Waals surface area contributed by atoms with Gasteiger partial charge in [-0.2, -0.15) is 0 Å². The van der Waals surface area contributed by atoms with E-state index in [1.54, 1.807) is 0 Å². The molecular formula is C14H17N3O6S2. The van der Waals surface area contributed by atoms with Crippen LogP contribution in [-0.4, -0.2) is 57.8 Å². The van der Waals surface area contributed by atoms with Gasteiger partial charge in [-0.1, -0.05) is 12.1 Å². The molecule has 25 heavy (non-hydrogen) atoms. The number of aliphatic hydroxyl groups is 2. The normalized spacial score (nSPS) is 13.0. The van der Waals surface area contributed by atoms with E-state index in [1.165, 1.54) is 12.1 Å². The Morgan fingerprint density at radius 1 is 1.08 bits per heavy atom. The summed E-state index contributed by atoms with van der Waals surface area (Å²) in [6.07, 6.45) is -1.42. The molecule has 136 valence electrons. The maximum atomic E-state index is 12.2. The van der Waals surface area contributed by atoms with Gasteiger partial charge in [0.15, 0.2) is 21.2 Å². The maximum Gasteiger partial charge on any atom is 0.211 e. The van der Waals surface area contributed by atoms with E-state index >= 15 is 0 Å². The van der Waals surface area contributed by atoms with Crippen molar-refractivity contribution in [2.45, 2.75) is 17.4 Å². The van der Waals surface area contributed by atoms with E-state index in [4.69, 9.17) is 23.4 Å². The van der Waals surface area contributed by atoms with Gasteiger partial charge in [-0.25, -0.2) is 21.6 Å². The summed E-state index contributed by atoms with van der Waals surface area (Å²) in [5.74, 6) is -0.925. The first-order valence-corrected chi connectivity index (χ1v) is 10.3. The van der Waals surface area contributed by atoms with E-state index in [0.717, 1.165) is 6.07 Å². The van der Waals surface area contributed by atoms with Crippen molar-refractivity contribution in [3.63, 3.8) is 0 Å². The number of nitrogens with one attached hydrogen (secondary N) is 1.